The van der Waals surface area contributed by atoms with Crippen molar-refractivity contribution in [2.75, 3.05) is 13.1 Å². The molecule has 0 saturated carbocycles. The summed E-state index contributed by atoms with van der Waals surface area (Å²) in [5, 5.41) is 2.46. The molecule has 18 heavy (non-hydrogen) atoms. The number of benzene rings is 1. The molecule has 0 spiro atoms. The van der Waals surface area contributed by atoms with Crippen LogP contribution in [0, 0.1) is 0 Å². The van der Waals surface area contributed by atoms with Gasteiger partial charge in [-0.3, -0.25) is 4.79 Å². The van der Waals surface area contributed by atoms with Crippen LogP contribution in [0.2, 0.25) is 0 Å². The highest BCUT2D eigenvalue weighted by atomic mass is 19.4. The van der Waals surface area contributed by atoms with Crippen molar-refractivity contribution in [3.63, 3.8) is 0 Å². The van der Waals surface area contributed by atoms with E-state index in [1.807, 2.05) is 0 Å². The first kappa shape index (κ1) is 14.2. The normalized spacial score (nSPS) is 11.8. The predicted molar refractivity (Wildman–Crippen MR) is 62.0 cm³/mol. The highest BCUT2D eigenvalue weighted by molar-refractivity contribution is 5.94. The van der Waals surface area contributed by atoms with E-state index in [2.05, 4.69) is 5.32 Å². The van der Waals surface area contributed by atoms with E-state index < -0.39 is 17.6 Å². The Labute approximate surface area is 102 Å². The lowest BCUT2D eigenvalue weighted by molar-refractivity contribution is -0.137. The van der Waals surface area contributed by atoms with Crippen LogP contribution in [-0.4, -0.2) is 19.0 Å². The zero-order chi connectivity index (χ0) is 13.6. The molecule has 1 aromatic rings. The molecule has 1 amide bonds. The molecule has 0 bridgehead atoms. The van der Waals surface area contributed by atoms with Crippen LogP contribution in [0.1, 0.15) is 15.9 Å². The molecule has 0 unspecified atom stereocenters. The average molecular weight is 258 g/mol. The van der Waals surface area contributed by atoms with Gasteiger partial charge in [0.05, 0.1) is 5.56 Å². The molecule has 3 nitrogen and oxygen atoms in total. The fourth-order valence-corrected chi connectivity index (χ4v) is 1.27. The lowest BCUT2D eigenvalue weighted by atomic mass is 10.1. The Morgan fingerprint density at radius 3 is 2.67 bits per heavy atom. The minimum absolute atomic E-state index is 0.0222. The van der Waals surface area contributed by atoms with Gasteiger partial charge in [0.2, 0.25) is 0 Å². The Morgan fingerprint density at radius 2 is 2.06 bits per heavy atom. The number of carbonyl (C=O) groups excluding carboxylic acids is 1. The Balaban J connectivity index is 2.72. The molecule has 0 aliphatic rings. The summed E-state index contributed by atoms with van der Waals surface area (Å²) in [7, 11) is 0. The number of alkyl halides is 3. The third-order valence-electron chi connectivity index (χ3n) is 2.14. The maximum absolute atomic E-state index is 12.4. The molecule has 1 aromatic carbocycles. The van der Waals surface area contributed by atoms with Crippen LogP contribution in [0.3, 0.4) is 0 Å². The predicted octanol–water partition coefficient (Wildman–Crippen LogP) is 1.95. The van der Waals surface area contributed by atoms with Gasteiger partial charge in [-0.1, -0.05) is 18.2 Å². The second kappa shape index (κ2) is 6.20. The first-order valence-corrected chi connectivity index (χ1v) is 5.25. The smallest absolute Gasteiger partial charge is 0.349 e. The van der Waals surface area contributed by atoms with Gasteiger partial charge in [-0.25, -0.2) is 0 Å². The lowest BCUT2D eigenvalue weighted by Crippen LogP contribution is -2.23. The number of amides is 1. The van der Waals surface area contributed by atoms with Crippen molar-refractivity contribution >= 4 is 5.91 Å². The van der Waals surface area contributed by atoms with Gasteiger partial charge in [0, 0.05) is 18.7 Å². The van der Waals surface area contributed by atoms with Gasteiger partial charge in [0.1, 0.15) is 0 Å². The van der Waals surface area contributed by atoms with E-state index in [9.17, 15) is 18.0 Å². The quantitative estimate of drug-likeness (QED) is 0.811. The summed E-state index contributed by atoms with van der Waals surface area (Å²) in [5.41, 5.74) is 4.34. The molecule has 0 saturated heterocycles. The molecule has 0 fully saturated rings. The molecule has 0 heterocycles. The standard InChI is InChI=1S/C12H13F3N2O/c13-12(14,15)10-5-3-4-9(8-10)11(18)17-7-2-1-6-16/h1-5,8H,6-7,16H2,(H,17,18)/b2-1+. The number of nitrogens with one attached hydrogen (secondary N) is 1. The van der Waals surface area contributed by atoms with E-state index >= 15 is 0 Å². The van der Waals surface area contributed by atoms with Gasteiger partial charge in [0.15, 0.2) is 0 Å². The second-order valence-electron chi connectivity index (χ2n) is 3.50. The van der Waals surface area contributed by atoms with Crippen molar-refractivity contribution in [3.05, 3.63) is 47.5 Å². The molecule has 0 radical (unpaired) electrons. The molecule has 1 rings (SSSR count). The monoisotopic (exact) mass is 258 g/mol. The summed E-state index contributed by atoms with van der Waals surface area (Å²) in [4.78, 5) is 11.5. The number of carbonyl (C=O) groups is 1. The molecule has 0 aliphatic heterocycles. The minimum atomic E-state index is -4.45. The van der Waals surface area contributed by atoms with Crippen molar-refractivity contribution in [3.8, 4) is 0 Å². The first-order valence-electron chi connectivity index (χ1n) is 5.25. The highest BCUT2D eigenvalue weighted by Crippen LogP contribution is 2.29. The van der Waals surface area contributed by atoms with Crippen molar-refractivity contribution < 1.29 is 18.0 Å². The average Bonchev–Trinajstić information content (AvgIpc) is 2.33. The van der Waals surface area contributed by atoms with E-state index in [0.717, 1.165) is 12.1 Å². The van der Waals surface area contributed by atoms with Gasteiger partial charge < -0.3 is 11.1 Å². The topological polar surface area (TPSA) is 55.1 Å². The van der Waals surface area contributed by atoms with Gasteiger partial charge in [-0.2, -0.15) is 13.2 Å². The third kappa shape index (κ3) is 4.21. The minimum Gasteiger partial charge on any atom is -0.349 e. The maximum atomic E-state index is 12.4. The van der Waals surface area contributed by atoms with Crippen LogP contribution < -0.4 is 11.1 Å². The van der Waals surface area contributed by atoms with Crippen LogP contribution >= 0.6 is 0 Å². The Morgan fingerprint density at radius 1 is 1.33 bits per heavy atom. The summed E-state index contributed by atoms with van der Waals surface area (Å²) in [6, 6.07) is 4.28. The maximum Gasteiger partial charge on any atom is 0.416 e. The molecule has 6 heteroatoms. The molecular formula is C12H13F3N2O. The van der Waals surface area contributed by atoms with Gasteiger partial charge in [-0.15, -0.1) is 0 Å². The van der Waals surface area contributed by atoms with Crippen LogP contribution in [0.15, 0.2) is 36.4 Å². The van der Waals surface area contributed by atoms with E-state index in [1.54, 1.807) is 12.2 Å². The Hall–Kier alpha value is -1.82. The van der Waals surface area contributed by atoms with Gasteiger partial charge in [-0.05, 0) is 18.2 Å². The fourth-order valence-electron chi connectivity index (χ4n) is 1.27. The SMILES string of the molecule is NC/C=C/CNC(=O)c1cccc(C(F)(F)F)c1. The highest BCUT2D eigenvalue weighted by Gasteiger charge is 2.30. The first-order chi connectivity index (χ1) is 8.45. The van der Waals surface area contributed by atoms with Crippen molar-refractivity contribution in [2.45, 2.75) is 6.18 Å². The summed E-state index contributed by atoms with van der Waals surface area (Å²) in [6.45, 7) is 0.575. The Kier molecular flexibility index (Phi) is 4.91. The van der Waals surface area contributed by atoms with Crippen LogP contribution in [0.25, 0.3) is 0 Å². The summed E-state index contributed by atoms with van der Waals surface area (Å²) in [5.74, 6) is -0.553. The molecule has 98 valence electrons. The van der Waals surface area contributed by atoms with Crippen molar-refractivity contribution in [1.29, 1.82) is 0 Å². The molecular weight excluding hydrogens is 245 g/mol. The number of nitrogens with two attached hydrogens (primary N) is 1. The van der Waals surface area contributed by atoms with Crippen LogP contribution in [0.4, 0.5) is 13.2 Å². The molecule has 0 atom stereocenters. The number of hydrogen-bond donors (Lipinski definition) is 2. The lowest BCUT2D eigenvalue weighted by Gasteiger charge is -2.08. The fraction of sp³-hybridized carbons (Fsp3) is 0.250. The van der Waals surface area contributed by atoms with E-state index in [0.29, 0.717) is 6.54 Å². The zero-order valence-electron chi connectivity index (χ0n) is 9.50. The van der Waals surface area contributed by atoms with E-state index in [-0.39, 0.29) is 12.1 Å². The van der Waals surface area contributed by atoms with E-state index in [4.69, 9.17) is 5.73 Å². The largest absolute Gasteiger partial charge is 0.416 e. The molecule has 3 N–H and O–H groups in total. The third-order valence-corrected chi connectivity index (χ3v) is 2.14. The second-order valence-corrected chi connectivity index (χ2v) is 3.50. The molecule has 0 aliphatic carbocycles. The van der Waals surface area contributed by atoms with Crippen LogP contribution in [-0.2, 0) is 6.18 Å². The molecule has 0 aromatic heterocycles. The zero-order valence-corrected chi connectivity index (χ0v) is 9.50. The number of rotatable bonds is 4. The Bertz CT molecular complexity index is 441. The number of hydrogen-bond acceptors (Lipinski definition) is 2. The van der Waals surface area contributed by atoms with Gasteiger partial charge in [0.25, 0.3) is 5.91 Å². The van der Waals surface area contributed by atoms with Crippen molar-refractivity contribution in [2.24, 2.45) is 5.73 Å². The number of halogens is 3. The summed E-state index contributed by atoms with van der Waals surface area (Å²) >= 11 is 0. The van der Waals surface area contributed by atoms with Crippen molar-refractivity contribution in [1.82, 2.24) is 5.32 Å². The summed E-state index contributed by atoms with van der Waals surface area (Å²) in [6.07, 6.45) is -1.17. The summed E-state index contributed by atoms with van der Waals surface area (Å²) < 4.78 is 37.3. The van der Waals surface area contributed by atoms with E-state index in [1.165, 1.54) is 12.1 Å². The van der Waals surface area contributed by atoms with Crippen LogP contribution in [0.5, 0.6) is 0 Å². The van der Waals surface area contributed by atoms with Gasteiger partial charge >= 0.3 is 6.18 Å².